The number of carbonyl (C=O) groups is 1. The molecule has 1 saturated heterocycles. The molecular formula is C26H30F3N5O2. The smallest absolute Gasteiger partial charge is 0.273 e. The van der Waals surface area contributed by atoms with E-state index in [4.69, 9.17) is 4.74 Å². The molecule has 1 aliphatic heterocycles. The number of carbonyl (C=O) groups excluding carboxylic acids is 1. The van der Waals surface area contributed by atoms with Gasteiger partial charge in [-0.25, -0.2) is 23.1 Å². The molecule has 1 aliphatic rings. The number of pyridine rings is 1. The summed E-state index contributed by atoms with van der Waals surface area (Å²) in [6, 6.07) is 5.19. The maximum Gasteiger partial charge on any atom is 0.273 e. The molecule has 0 radical (unpaired) electrons. The second kappa shape index (κ2) is 9.65. The van der Waals surface area contributed by atoms with Gasteiger partial charge in [-0.05, 0) is 32.8 Å². The highest BCUT2D eigenvalue weighted by atomic mass is 19.3. The number of piperidine rings is 1. The van der Waals surface area contributed by atoms with Crippen LogP contribution in [0.3, 0.4) is 0 Å². The molecule has 10 heteroatoms. The zero-order valence-electron chi connectivity index (χ0n) is 21.0. The number of likely N-dealkylation sites (tertiary alicyclic amines) is 1. The second-order valence-electron chi connectivity index (χ2n) is 9.37. The van der Waals surface area contributed by atoms with Gasteiger partial charge in [0.15, 0.2) is 0 Å². The highest BCUT2D eigenvalue weighted by Gasteiger charge is 2.38. The normalized spacial score (nSPS) is 16.7. The molecule has 36 heavy (non-hydrogen) atoms. The molecule has 1 fully saturated rings. The number of nitrogens with zero attached hydrogens (tertiary/aromatic N) is 4. The lowest BCUT2D eigenvalue weighted by Crippen LogP contribution is -2.45. The fourth-order valence-corrected chi connectivity index (χ4v) is 4.76. The minimum Gasteiger partial charge on any atom is -0.372 e. The van der Waals surface area contributed by atoms with E-state index >= 15 is 0 Å². The molecule has 0 spiro atoms. The lowest BCUT2D eigenvalue weighted by Gasteiger charge is -2.40. The SMILES string of the molecule is COC1(c2cc3c(N[C@H](C)c4cccc(C(C)(F)F)c4F)nc(C)nc3cn2)CCN(C(C)=O)CC1. The number of aromatic nitrogens is 3. The van der Waals surface area contributed by atoms with Crippen LogP contribution in [0.25, 0.3) is 10.9 Å². The number of methoxy groups -OCH3 is 1. The van der Waals surface area contributed by atoms with Crippen LogP contribution in [0.2, 0.25) is 0 Å². The summed E-state index contributed by atoms with van der Waals surface area (Å²) in [6.07, 6.45) is 2.81. The van der Waals surface area contributed by atoms with Gasteiger partial charge in [0, 0.05) is 45.0 Å². The van der Waals surface area contributed by atoms with Crippen molar-refractivity contribution in [3.05, 3.63) is 58.9 Å². The lowest BCUT2D eigenvalue weighted by molar-refractivity contribution is -0.135. The zero-order valence-corrected chi connectivity index (χ0v) is 21.0. The Morgan fingerprint density at radius 3 is 2.56 bits per heavy atom. The van der Waals surface area contributed by atoms with Crippen LogP contribution in [-0.2, 0) is 21.1 Å². The predicted molar refractivity (Wildman–Crippen MR) is 130 cm³/mol. The molecular weight excluding hydrogens is 471 g/mol. The van der Waals surface area contributed by atoms with Crippen LogP contribution < -0.4 is 5.32 Å². The van der Waals surface area contributed by atoms with E-state index in [1.54, 1.807) is 39.0 Å². The van der Waals surface area contributed by atoms with Gasteiger partial charge >= 0.3 is 0 Å². The van der Waals surface area contributed by atoms with Crippen molar-refractivity contribution >= 4 is 22.6 Å². The predicted octanol–water partition coefficient (Wildman–Crippen LogP) is 5.24. The summed E-state index contributed by atoms with van der Waals surface area (Å²) >= 11 is 0. The Balaban J connectivity index is 1.71. The molecule has 1 aromatic carbocycles. The average Bonchev–Trinajstić information content (AvgIpc) is 2.83. The Hall–Kier alpha value is -3.27. The van der Waals surface area contributed by atoms with Crippen LogP contribution in [0.4, 0.5) is 19.0 Å². The van der Waals surface area contributed by atoms with E-state index in [2.05, 4.69) is 20.3 Å². The number of halogens is 3. The Morgan fingerprint density at radius 2 is 1.94 bits per heavy atom. The quantitative estimate of drug-likeness (QED) is 0.498. The Morgan fingerprint density at radius 1 is 1.25 bits per heavy atom. The van der Waals surface area contributed by atoms with Gasteiger partial charge in [0.1, 0.15) is 23.1 Å². The molecule has 7 nitrogen and oxygen atoms in total. The van der Waals surface area contributed by atoms with Crippen LogP contribution >= 0.6 is 0 Å². The van der Waals surface area contributed by atoms with E-state index < -0.39 is 28.9 Å². The first-order chi connectivity index (χ1) is 16.9. The van der Waals surface area contributed by atoms with Gasteiger partial charge in [-0.15, -0.1) is 0 Å². The summed E-state index contributed by atoms with van der Waals surface area (Å²) in [5.74, 6) is -3.30. The third kappa shape index (κ3) is 4.86. The van der Waals surface area contributed by atoms with E-state index in [1.165, 1.54) is 12.1 Å². The number of amides is 1. The third-order valence-corrected chi connectivity index (χ3v) is 6.89. The van der Waals surface area contributed by atoms with Gasteiger partial charge in [-0.1, -0.05) is 18.2 Å². The van der Waals surface area contributed by atoms with Gasteiger partial charge in [-0.3, -0.25) is 9.78 Å². The van der Waals surface area contributed by atoms with E-state index in [0.717, 1.165) is 6.07 Å². The molecule has 192 valence electrons. The van der Waals surface area contributed by atoms with Crippen molar-refractivity contribution in [2.24, 2.45) is 0 Å². The maximum atomic E-state index is 15.0. The number of ether oxygens (including phenoxy) is 1. The number of benzene rings is 1. The first-order valence-electron chi connectivity index (χ1n) is 11.8. The Kier molecular flexibility index (Phi) is 6.92. The molecule has 4 rings (SSSR count). The second-order valence-corrected chi connectivity index (χ2v) is 9.37. The number of nitrogens with one attached hydrogen (secondary N) is 1. The minimum absolute atomic E-state index is 0.0210. The van der Waals surface area contributed by atoms with E-state index in [9.17, 15) is 18.0 Å². The van der Waals surface area contributed by atoms with Crippen molar-refractivity contribution in [1.29, 1.82) is 0 Å². The van der Waals surface area contributed by atoms with Gasteiger partial charge in [0.25, 0.3) is 5.92 Å². The molecule has 0 aliphatic carbocycles. The van der Waals surface area contributed by atoms with Crippen LogP contribution in [0.5, 0.6) is 0 Å². The third-order valence-electron chi connectivity index (χ3n) is 6.89. The Labute approximate surface area is 208 Å². The van der Waals surface area contributed by atoms with Gasteiger partial charge in [0.05, 0.1) is 29.0 Å². The van der Waals surface area contributed by atoms with Crippen molar-refractivity contribution in [2.45, 2.75) is 58.1 Å². The first-order valence-corrected chi connectivity index (χ1v) is 11.8. The highest BCUT2D eigenvalue weighted by Crippen LogP contribution is 2.38. The largest absolute Gasteiger partial charge is 0.372 e. The molecule has 1 N–H and O–H groups in total. The first kappa shape index (κ1) is 25.8. The summed E-state index contributed by atoms with van der Waals surface area (Å²) in [4.78, 5) is 27.2. The highest BCUT2D eigenvalue weighted by molar-refractivity contribution is 5.89. The monoisotopic (exact) mass is 501 g/mol. The van der Waals surface area contributed by atoms with Crippen LogP contribution in [0, 0.1) is 12.7 Å². The summed E-state index contributed by atoms with van der Waals surface area (Å²) < 4.78 is 48.7. The van der Waals surface area contributed by atoms with Crippen LogP contribution in [0.1, 0.15) is 62.3 Å². The maximum absolute atomic E-state index is 15.0. The number of hydrogen-bond donors (Lipinski definition) is 1. The molecule has 3 aromatic rings. The van der Waals surface area contributed by atoms with Gasteiger partial charge < -0.3 is 15.0 Å². The summed E-state index contributed by atoms with van der Waals surface area (Å²) in [6.45, 7) is 6.74. The zero-order chi connectivity index (χ0) is 26.3. The molecule has 0 bridgehead atoms. The average molecular weight is 502 g/mol. The number of rotatable bonds is 6. The lowest BCUT2D eigenvalue weighted by atomic mass is 9.87. The number of anilines is 1. The number of alkyl halides is 2. The van der Waals surface area contributed by atoms with Crippen molar-refractivity contribution < 1.29 is 22.7 Å². The molecule has 0 unspecified atom stereocenters. The standard InChI is InChI=1S/C26H30F3N5O2/c1-15(18-7-6-8-20(23(18)27)25(4,28)29)31-24-19-13-22(30-14-21(19)32-16(2)33-24)26(36-5)9-11-34(12-10-26)17(3)35/h6-8,13-15H,9-12H2,1-5H3,(H,31,32,33)/t15-/m1/s1. The fourth-order valence-electron chi connectivity index (χ4n) is 4.76. The van der Waals surface area contributed by atoms with Crippen molar-refractivity contribution in [3.63, 3.8) is 0 Å². The Bertz CT molecular complexity index is 1290. The molecule has 1 amide bonds. The summed E-state index contributed by atoms with van der Waals surface area (Å²) in [7, 11) is 1.63. The van der Waals surface area contributed by atoms with E-state index in [1.807, 2.05) is 6.07 Å². The minimum atomic E-state index is -3.30. The number of fused-ring (bicyclic) bond motifs is 1. The number of hydrogen-bond acceptors (Lipinski definition) is 6. The van der Waals surface area contributed by atoms with Crippen LogP contribution in [-0.4, -0.2) is 46.0 Å². The molecule has 2 aromatic heterocycles. The van der Waals surface area contributed by atoms with Crippen molar-refractivity contribution in [3.8, 4) is 0 Å². The summed E-state index contributed by atoms with van der Waals surface area (Å²) in [5.41, 5.74) is 0.0481. The summed E-state index contributed by atoms with van der Waals surface area (Å²) in [5, 5.41) is 3.84. The molecule has 1 atom stereocenters. The van der Waals surface area contributed by atoms with Crippen LogP contribution in [0.15, 0.2) is 30.5 Å². The van der Waals surface area contributed by atoms with E-state index in [-0.39, 0.29) is 11.5 Å². The van der Waals surface area contributed by atoms with Gasteiger partial charge in [-0.2, -0.15) is 0 Å². The van der Waals surface area contributed by atoms with E-state index in [0.29, 0.717) is 61.1 Å². The van der Waals surface area contributed by atoms with Crippen molar-refractivity contribution in [2.75, 3.05) is 25.5 Å². The molecule has 3 heterocycles. The molecule has 0 saturated carbocycles. The fraction of sp³-hybridized carbons (Fsp3) is 0.462. The van der Waals surface area contributed by atoms with Gasteiger partial charge in [0.2, 0.25) is 5.91 Å². The van der Waals surface area contributed by atoms with Crippen molar-refractivity contribution in [1.82, 2.24) is 19.9 Å². The number of aryl methyl sites for hydroxylation is 1. The topological polar surface area (TPSA) is 80.2 Å².